The Bertz CT molecular complexity index is 824. The van der Waals surface area contributed by atoms with Gasteiger partial charge in [0.15, 0.2) is 11.5 Å². The van der Waals surface area contributed by atoms with Crippen molar-refractivity contribution in [1.82, 2.24) is 4.98 Å². The summed E-state index contributed by atoms with van der Waals surface area (Å²) in [6.45, 7) is 0.222. The molecule has 0 N–H and O–H groups in total. The van der Waals surface area contributed by atoms with Gasteiger partial charge in [-0.15, -0.1) is 11.3 Å². The van der Waals surface area contributed by atoms with Crippen molar-refractivity contribution in [2.24, 2.45) is 0 Å². The maximum atomic E-state index is 6.17. The topological polar surface area (TPSA) is 31.4 Å². The second kappa shape index (κ2) is 5.06. The number of rotatable bonds is 2. The van der Waals surface area contributed by atoms with Gasteiger partial charge < -0.3 is 9.47 Å². The zero-order chi connectivity index (χ0) is 14.2. The highest BCUT2D eigenvalue weighted by atomic mass is 35.5. The van der Waals surface area contributed by atoms with Crippen LogP contribution < -0.4 is 9.47 Å². The smallest absolute Gasteiger partial charge is 0.231 e. The first-order valence-electron chi connectivity index (χ1n) is 6.42. The maximum Gasteiger partial charge on any atom is 0.231 e. The van der Waals surface area contributed by atoms with Crippen LogP contribution in [0.5, 0.6) is 11.5 Å². The minimum atomic E-state index is 0.222. The molecule has 0 saturated heterocycles. The molecule has 1 aliphatic heterocycles. The minimum Gasteiger partial charge on any atom is -0.454 e. The van der Waals surface area contributed by atoms with Gasteiger partial charge in [-0.1, -0.05) is 29.8 Å². The number of halogens is 1. The first kappa shape index (κ1) is 12.7. The van der Waals surface area contributed by atoms with Gasteiger partial charge in [0.2, 0.25) is 6.79 Å². The highest BCUT2D eigenvalue weighted by Gasteiger charge is 2.17. The molecule has 0 aliphatic carbocycles. The van der Waals surface area contributed by atoms with Gasteiger partial charge in [-0.25, -0.2) is 4.98 Å². The van der Waals surface area contributed by atoms with Gasteiger partial charge >= 0.3 is 0 Å². The maximum absolute atomic E-state index is 6.17. The van der Waals surface area contributed by atoms with E-state index >= 15 is 0 Å². The van der Waals surface area contributed by atoms with Gasteiger partial charge in [0.1, 0.15) is 5.01 Å². The predicted molar refractivity (Wildman–Crippen MR) is 86.1 cm³/mol. The molecule has 0 fully saturated rings. The predicted octanol–water partition coefficient (Wildman–Crippen LogP) is 4.85. The fraction of sp³-hybridized carbons (Fsp3) is 0.0625. The van der Waals surface area contributed by atoms with Crippen molar-refractivity contribution >= 4 is 45.3 Å². The number of aromatic nitrogens is 1. The summed E-state index contributed by atoms with van der Waals surface area (Å²) in [5.74, 6) is 1.31. The quantitative estimate of drug-likeness (QED) is 0.677. The molecule has 3 aromatic rings. The average Bonchev–Trinajstić information content (AvgIpc) is 3.11. The van der Waals surface area contributed by atoms with Crippen LogP contribution in [0.15, 0.2) is 36.4 Å². The number of fused-ring (bicyclic) bond motifs is 2. The highest BCUT2D eigenvalue weighted by molar-refractivity contribution is 7.19. The Balaban J connectivity index is 1.67. The Labute approximate surface area is 130 Å². The number of thiazole rings is 1. The molecule has 0 atom stereocenters. The Morgan fingerprint density at radius 3 is 2.95 bits per heavy atom. The molecule has 21 heavy (non-hydrogen) atoms. The van der Waals surface area contributed by atoms with Gasteiger partial charge in [-0.05, 0) is 35.9 Å². The lowest BCUT2D eigenvalue weighted by atomic mass is 10.2. The van der Waals surface area contributed by atoms with E-state index in [-0.39, 0.29) is 6.79 Å². The first-order chi connectivity index (χ1) is 10.3. The molecule has 104 valence electrons. The monoisotopic (exact) mass is 315 g/mol. The molecule has 4 rings (SSSR count). The van der Waals surface area contributed by atoms with Crippen LogP contribution in [0.1, 0.15) is 10.6 Å². The molecule has 0 saturated carbocycles. The molecular weight excluding hydrogens is 306 g/mol. The zero-order valence-corrected chi connectivity index (χ0v) is 12.4. The largest absolute Gasteiger partial charge is 0.454 e. The molecule has 0 unspecified atom stereocenters. The summed E-state index contributed by atoms with van der Waals surface area (Å²) in [5.41, 5.74) is 1.98. The Hall–Kier alpha value is -2.04. The normalized spacial score (nSPS) is 13.4. The van der Waals surface area contributed by atoms with E-state index in [9.17, 15) is 0 Å². The molecule has 1 aromatic heterocycles. The molecule has 5 heteroatoms. The van der Waals surface area contributed by atoms with Crippen molar-refractivity contribution in [3.05, 3.63) is 52.0 Å². The number of hydrogen-bond acceptors (Lipinski definition) is 4. The number of benzene rings is 2. The molecular formula is C16H10ClNO2S. The Kier molecular flexibility index (Phi) is 3.05. The summed E-state index contributed by atoms with van der Waals surface area (Å²) in [4.78, 5) is 4.57. The number of hydrogen-bond donors (Lipinski definition) is 0. The van der Waals surface area contributed by atoms with E-state index in [1.54, 1.807) is 11.3 Å². The van der Waals surface area contributed by atoms with Crippen LogP contribution in [0.4, 0.5) is 0 Å². The van der Waals surface area contributed by atoms with Crippen LogP contribution in [0.25, 0.3) is 22.4 Å². The Morgan fingerprint density at radius 2 is 2.05 bits per heavy atom. The van der Waals surface area contributed by atoms with Gasteiger partial charge in [0.25, 0.3) is 0 Å². The third kappa shape index (κ3) is 2.37. The molecule has 0 spiro atoms. The third-order valence-corrected chi connectivity index (χ3v) is 4.46. The molecule has 2 aromatic carbocycles. The fourth-order valence-electron chi connectivity index (χ4n) is 2.21. The fourth-order valence-corrected chi connectivity index (χ4v) is 3.36. The SMILES string of the molecule is Clc1cc(/C=C/c2nc3ccccc3s2)cc2c1OCO2. The van der Waals surface area contributed by atoms with Crippen molar-refractivity contribution in [3.63, 3.8) is 0 Å². The molecule has 0 bridgehead atoms. The molecule has 3 nitrogen and oxygen atoms in total. The number of nitrogens with zero attached hydrogens (tertiary/aromatic N) is 1. The summed E-state index contributed by atoms with van der Waals surface area (Å²) >= 11 is 7.83. The average molecular weight is 316 g/mol. The summed E-state index contributed by atoms with van der Waals surface area (Å²) in [6.07, 6.45) is 3.96. The lowest BCUT2D eigenvalue weighted by Gasteiger charge is -2.00. The number of ether oxygens (including phenoxy) is 2. The molecule has 2 heterocycles. The third-order valence-electron chi connectivity index (χ3n) is 3.18. The van der Waals surface area contributed by atoms with Gasteiger partial charge in [0, 0.05) is 0 Å². The van der Waals surface area contributed by atoms with E-state index in [1.165, 1.54) is 4.70 Å². The van der Waals surface area contributed by atoms with E-state index in [0.717, 1.165) is 16.1 Å². The van der Waals surface area contributed by atoms with Crippen LogP contribution in [-0.4, -0.2) is 11.8 Å². The van der Waals surface area contributed by atoms with Crippen LogP contribution in [0.3, 0.4) is 0 Å². The van der Waals surface area contributed by atoms with E-state index < -0.39 is 0 Å². The summed E-state index contributed by atoms with van der Waals surface area (Å²) in [5, 5.41) is 1.53. The summed E-state index contributed by atoms with van der Waals surface area (Å²) in [7, 11) is 0. The van der Waals surface area contributed by atoms with Crippen LogP contribution in [-0.2, 0) is 0 Å². The molecule has 1 aliphatic rings. The second-order valence-corrected chi connectivity index (χ2v) is 6.06. The van der Waals surface area contributed by atoms with Crippen molar-refractivity contribution in [2.45, 2.75) is 0 Å². The van der Waals surface area contributed by atoms with E-state index in [0.29, 0.717) is 16.5 Å². The van der Waals surface area contributed by atoms with Crippen molar-refractivity contribution in [2.75, 3.05) is 6.79 Å². The first-order valence-corrected chi connectivity index (χ1v) is 7.62. The summed E-state index contributed by atoms with van der Waals surface area (Å²) in [6, 6.07) is 11.9. The van der Waals surface area contributed by atoms with Crippen LogP contribution in [0, 0.1) is 0 Å². The van der Waals surface area contributed by atoms with Gasteiger partial charge in [-0.3, -0.25) is 0 Å². The Morgan fingerprint density at radius 1 is 1.14 bits per heavy atom. The van der Waals surface area contributed by atoms with Crippen molar-refractivity contribution in [3.8, 4) is 11.5 Å². The van der Waals surface area contributed by atoms with Crippen molar-refractivity contribution < 1.29 is 9.47 Å². The lowest BCUT2D eigenvalue weighted by molar-refractivity contribution is 0.174. The lowest BCUT2D eigenvalue weighted by Crippen LogP contribution is -1.93. The second-order valence-electron chi connectivity index (χ2n) is 4.59. The van der Waals surface area contributed by atoms with E-state index in [1.807, 2.05) is 42.5 Å². The number of para-hydroxylation sites is 1. The zero-order valence-electron chi connectivity index (χ0n) is 10.9. The van der Waals surface area contributed by atoms with Crippen molar-refractivity contribution in [1.29, 1.82) is 0 Å². The van der Waals surface area contributed by atoms with Gasteiger partial charge in [0.05, 0.1) is 15.2 Å². The van der Waals surface area contributed by atoms with E-state index in [4.69, 9.17) is 21.1 Å². The van der Waals surface area contributed by atoms with Gasteiger partial charge in [-0.2, -0.15) is 0 Å². The van der Waals surface area contributed by atoms with Crippen LogP contribution >= 0.6 is 22.9 Å². The molecule has 0 amide bonds. The van der Waals surface area contributed by atoms with E-state index in [2.05, 4.69) is 11.1 Å². The highest BCUT2D eigenvalue weighted by Crippen LogP contribution is 2.40. The minimum absolute atomic E-state index is 0.222. The van der Waals surface area contributed by atoms with Crippen LogP contribution in [0.2, 0.25) is 5.02 Å². The molecule has 0 radical (unpaired) electrons. The summed E-state index contributed by atoms with van der Waals surface area (Å²) < 4.78 is 11.8. The standard InChI is InChI=1S/C16H10ClNO2S/c17-11-7-10(8-13-16(11)20-9-19-13)5-6-15-18-12-3-1-2-4-14(12)21-15/h1-8H,9H2/b6-5+.